The fourth-order valence-electron chi connectivity index (χ4n) is 4.67. The molecule has 0 radical (unpaired) electrons. The molecule has 0 saturated heterocycles. The summed E-state index contributed by atoms with van der Waals surface area (Å²) in [5.41, 5.74) is 4.61. The summed E-state index contributed by atoms with van der Waals surface area (Å²) >= 11 is 0. The van der Waals surface area contributed by atoms with E-state index < -0.39 is 5.82 Å². The molecule has 0 spiro atoms. The van der Waals surface area contributed by atoms with E-state index >= 15 is 4.39 Å². The van der Waals surface area contributed by atoms with E-state index in [4.69, 9.17) is 4.98 Å². The van der Waals surface area contributed by atoms with Gasteiger partial charge in [-0.15, -0.1) is 0 Å². The van der Waals surface area contributed by atoms with Crippen LogP contribution >= 0.6 is 0 Å². The molecule has 0 bridgehead atoms. The average molecular weight is 515 g/mol. The number of aromatic nitrogens is 4. The van der Waals surface area contributed by atoms with Gasteiger partial charge in [-0.3, -0.25) is 4.79 Å². The van der Waals surface area contributed by atoms with Crippen molar-refractivity contribution in [1.29, 1.82) is 0 Å². The van der Waals surface area contributed by atoms with E-state index in [1.54, 1.807) is 18.0 Å². The number of hydrogen-bond acceptors (Lipinski definition) is 6. The Morgan fingerprint density at radius 3 is 2.63 bits per heavy atom. The molecule has 5 rings (SSSR count). The standard InChI is InChI=1S/C28H31FN8O/c1-17(38)31-23-15-18(14-22(29)26(23)36(4)13-12-35(2)3)32-28-33-25(20-10-11-30-27(20)34-28)21-16-37(5)24-9-7-6-8-19(21)24/h6-11,14-16H,12-13H2,1-5H3,(H,31,38)(H2,30,32,33,34). The maximum Gasteiger partial charge on any atom is 0.229 e. The molecule has 10 heteroatoms. The lowest BCUT2D eigenvalue weighted by molar-refractivity contribution is -0.114. The third kappa shape index (κ3) is 4.90. The van der Waals surface area contributed by atoms with Crippen LogP contribution in [0.3, 0.4) is 0 Å². The molecule has 5 aromatic rings. The van der Waals surface area contributed by atoms with Gasteiger partial charge in [-0.2, -0.15) is 4.98 Å². The number of anilines is 4. The second kappa shape index (κ2) is 10.1. The fraction of sp³-hybridized carbons (Fsp3) is 0.250. The number of hydrogen-bond donors (Lipinski definition) is 3. The number of likely N-dealkylation sites (N-methyl/N-ethyl adjacent to an activating group) is 2. The van der Waals surface area contributed by atoms with Gasteiger partial charge in [0.1, 0.15) is 5.65 Å². The monoisotopic (exact) mass is 514 g/mol. The second-order valence-electron chi connectivity index (χ2n) is 9.69. The molecule has 0 saturated carbocycles. The van der Waals surface area contributed by atoms with Crippen molar-refractivity contribution in [1.82, 2.24) is 24.4 Å². The number of carbonyl (C=O) groups excluding carboxylic acids is 1. The second-order valence-corrected chi connectivity index (χ2v) is 9.69. The minimum Gasteiger partial charge on any atom is -0.369 e. The molecule has 196 valence electrons. The number of nitrogens with one attached hydrogen (secondary N) is 3. The van der Waals surface area contributed by atoms with Crippen LogP contribution in [-0.2, 0) is 11.8 Å². The molecule has 3 heterocycles. The van der Waals surface area contributed by atoms with Gasteiger partial charge in [-0.1, -0.05) is 18.2 Å². The van der Waals surface area contributed by atoms with Crippen molar-refractivity contribution in [3.63, 3.8) is 0 Å². The van der Waals surface area contributed by atoms with E-state index in [0.717, 1.165) is 34.1 Å². The zero-order chi connectivity index (χ0) is 27.0. The number of nitrogens with zero attached hydrogens (tertiary/aromatic N) is 5. The molecule has 2 aromatic carbocycles. The van der Waals surface area contributed by atoms with Crippen LogP contribution in [0.15, 0.2) is 54.9 Å². The number of fused-ring (bicyclic) bond motifs is 2. The molecule has 38 heavy (non-hydrogen) atoms. The van der Waals surface area contributed by atoms with E-state index in [9.17, 15) is 4.79 Å². The van der Waals surface area contributed by atoms with E-state index in [-0.39, 0.29) is 5.91 Å². The van der Waals surface area contributed by atoms with Crippen molar-refractivity contribution >= 4 is 50.9 Å². The Hall–Kier alpha value is -4.44. The van der Waals surface area contributed by atoms with Gasteiger partial charge in [0.15, 0.2) is 5.82 Å². The minimum atomic E-state index is -0.463. The summed E-state index contributed by atoms with van der Waals surface area (Å²) < 4.78 is 17.5. The summed E-state index contributed by atoms with van der Waals surface area (Å²) in [5, 5.41) is 7.88. The Balaban J connectivity index is 1.56. The molecule has 1 amide bonds. The molecule has 3 aromatic heterocycles. The van der Waals surface area contributed by atoms with Gasteiger partial charge in [0, 0.05) is 74.0 Å². The zero-order valence-electron chi connectivity index (χ0n) is 22.1. The van der Waals surface area contributed by atoms with Crippen LogP contribution in [0.25, 0.3) is 33.2 Å². The largest absolute Gasteiger partial charge is 0.369 e. The Morgan fingerprint density at radius 2 is 1.87 bits per heavy atom. The molecule has 9 nitrogen and oxygen atoms in total. The van der Waals surface area contributed by atoms with Crippen molar-refractivity contribution < 1.29 is 9.18 Å². The molecule has 0 aliphatic carbocycles. The number of para-hydroxylation sites is 1. The van der Waals surface area contributed by atoms with Crippen LogP contribution in [0.1, 0.15) is 6.92 Å². The zero-order valence-corrected chi connectivity index (χ0v) is 22.1. The maximum absolute atomic E-state index is 15.5. The Morgan fingerprint density at radius 1 is 1.08 bits per heavy atom. The number of carbonyl (C=O) groups is 1. The van der Waals surface area contributed by atoms with Crippen LogP contribution in [0.5, 0.6) is 0 Å². The van der Waals surface area contributed by atoms with Crippen LogP contribution < -0.4 is 15.5 Å². The first kappa shape index (κ1) is 25.2. The van der Waals surface area contributed by atoms with Gasteiger partial charge in [0.05, 0.1) is 17.1 Å². The SMILES string of the molecule is CC(=O)Nc1cc(Nc2nc(-c3cn(C)c4ccccc34)c3cc[nH]c3n2)cc(F)c1N(C)CCN(C)C. The summed E-state index contributed by atoms with van der Waals surface area (Å²) in [5.74, 6) is -0.439. The van der Waals surface area contributed by atoms with Crippen LogP contribution in [0.2, 0.25) is 0 Å². The van der Waals surface area contributed by atoms with Gasteiger partial charge in [-0.05, 0) is 38.4 Å². The number of H-pyrrole nitrogens is 1. The normalized spacial score (nSPS) is 11.4. The lowest BCUT2D eigenvalue weighted by atomic mass is 10.1. The van der Waals surface area contributed by atoms with Crippen LogP contribution in [0, 0.1) is 5.82 Å². The Bertz CT molecular complexity index is 1640. The van der Waals surface area contributed by atoms with Crippen molar-refractivity contribution in [2.75, 3.05) is 49.8 Å². The van der Waals surface area contributed by atoms with E-state index in [0.29, 0.717) is 35.2 Å². The third-order valence-electron chi connectivity index (χ3n) is 6.46. The van der Waals surface area contributed by atoms with Crippen LogP contribution in [-0.4, -0.2) is 64.6 Å². The molecule has 0 unspecified atom stereocenters. The lowest BCUT2D eigenvalue weighted by Gasteiger charge is -2.25. The first-order valence-electron chi connectivity index (χ1n) is 12.3. The number of aromatic amines is 1. The predicted octanol–water partition coefficient (Wildman–Crippen LogP) is 4.96. The van der Waals surface area contributed by atoms with Gasteiger partial charge in [0.2, 0.25) is 11.9 Å². The highest BCUT2D eigenvalue weighted by molar-refractivity contribution is 6.03. The van der Waals surface area contributed by atoms with Gasteiger partial charge in [-0.25, -0.2) is 9.37 Å². The van der Waals surface area contributed by atoms with Crippen molar-refractivity contribution in [3.8, 4) is 11.3 Å². The summed E-state index contributed by atoms with van der Waals surface area (Å²) in [6.45, 7) is 2.72. The van der Waals surface area contributed by atoms with Gasteiger partial charge in [0.25, 0.3) is 0 Å². The Labute approximate surface area is 220 Å². The quantitative estimate of drug-likeness (QED) is 0.271. The predicted molar refractivity (Wildman–Crippen MR) is 152 cm³/mol. The van der Waals surface area contributed by atoms with Crippen LogP contribution in [0.4, 0.5) is 27.4 Å². The van der Waals surface area contributed by atoms with Gasteiger partial charge >= 0.3 is 0 Å². The summed E-state index contributed by atoms with van der Waals surface area (Å²) in [4.78, 5) is 28.4. The number of halogens is 1. The van der Waals surface area contributed by atoms with Crippen molar-refractivity contribution in [2.24, 2.45) is 7.05 Å². The molecule has 0 fully saturated rings. The number of amides is 1. The highest BCUT2D eigenvalue weighted by Crippen LogP contribution is 2.36. The topological polar surface area (TPSA) is 94.1 Å². The lowest BCUT2D eigenvalue weighted by Crippen LogP contribution is -2.30. The van der Waals surface area contributed by atoms with E-state index in [1.807, 2.05) is 50.4 Å². The molecular formula is C28H31FN8O. The number of aryl methyl sites for hydroxylation is 1. The number of benzene rings is 2. The molecule has 0 aliphatic rings. The van der Waals surface area contributed by atoms with E-state index in [1.165, 1.54) is 13.0 Å². The molecule has 0 aliphatic heterocycles. The summed E-state index contributed by atoms with van der Waals surface area (Å²) in [6, 6.07) is 13.2. The Kier molecular flexibility index (Phi) is 6.73. The smallest absolute Gasteiger partial charge is 0.229 e. The highest BCUT2D eigenvalue weighted by Gasteiger charge is 2.19. The van der Waals surface area contributed by atoms with E-state index in [2.05, 4.69) is 43.5 Å². The summed E-state index contributed by atoms with van der Waals surface area (Å²) in [7, 11) is 7.72. The van der Waals surface area contributed by atoms with Crippen molar-refractivity contribution in [3.05, 3.63) is 60.7 Å². The van der Waals surface area contributed by atoms with Crippen molar-refractivity contribution in [2.45, 2.75) is 6.92 Å². The minimum absolute atomic E-state index is 0.286. The highest BCUT2D eigenvalue weighted by atomic mass is 19.1. The molecule has 0 atom stereocenters. The average Bonchev–Trinajstić information content (AvgIpc) is 3.46. The summed E-state index contributed by atoms with van der Waals surface area (Å²) in [6.07, 6.45) is 3.88. The van der Waals surface area contributed by atoms with Gasteiger partial charge < -0.3 is 30.0 Å². The fourth-order valence-corrected chi connectivity index (χ4v) is 4.67. The first-order valence-corrected chi connectivity index (χ1v) is 12.3. The first-order chi connectivity index (χ1) is 18.2. The molecule has 3 N–H and O–H groups in total. The number of rotatable bonds is 8. The molecular weight excluding hydrogens is 483 g/mol. The third-order valence-corrected chi connectivity index (χ3v) is 6.46. The maximum atomic E-state index is 15.5.